The number of aromatic amines is 1. The molecule has 0 spiro atoms. The molecule has 2 heterocycles. The monoisotopic (exact) mass is 587 g/mol. The van der Waals surface area contributed by atoms with Crippen LogP contribution in [0.3, 0.4) is 0 Å². The lowest BCUT2D eigenvalue weighted by Gasteiger charge is -2.24. The van der Waals surface area contributed by atoms with Gasteiger partial charge in [-0.25, -0.2) is 18.6 Å². The number of fused-ring (bicyclic) bond motifs is 1. The van der Waals surface area contributed by atoms with Gasteiger partial charge < -0.3 is 21.6 Å². The smallest absolute Gasteiger partial charge is 0.407 e. The van der Waals surface area contributed by atoms with Crippen LogP contribution in [-0.4, -0.2) is 32.6 Å². The van der Waals surface area contributed by atoms with Gasteiger partial charge in [-0.1, -0.05) is 20.8 Å². The highest BCUT2D eigenvalue weighted by atomic mass is 79.9. The number of carbonyl (C=O) groups is 1. The van der Waals surface area contributed by atoms with Crippen molar-refractivity contribution >= 4 is 60.4 Å². The van der Waals surface area contributed by atoms with Crippen LogP contribution in [0.2, 0.25) is 0 Å². The Morgan fingerprint density at radius 2 is 1.88 bits per heavy atom. The Hall–Kier alpha value is -2.40. The first-order valence-corrected chi connectivity index (χ1v) is 11.8. The van der Waals surface area contributed by atoms with Crippen molar-refractivity contribution in [2.24, 2.45) is 0 Å². The highest BCUT2D eigenvalue weighted by Gasteiger charge is 2.32. The molecule has 0 radical (unpaired) electrons. The number of aromatic nitrogens is 2. The maximum Gasteiger partial charge on any atom is 0.407 e. The number of rotatable bonds is 1. The first kappa shape index (κ1) is 25.2. The van der Waals surface area contributed by atoms with E-state index in [0.717, 1.165) is 18.4 Å². The van der Waals surface area contributed by atoms with E-state index in [4.69, 9.17) is 16.6 Å². The van der Waals surface area contributed by atoms with Gasteiger partial charge in [-0.05, 0) is 61.7 Å². The number of benzene rings is 2. The fraction of sp³-hybridized carbons (Fsp3) is 0.364. The van der Waals surface area contributed by atoms with Gasteiger partial charge in [-0.2, -0.15) is 0 Å². The van der Waals surface area contributed by atoms with Gasteiger partial charge in [0.25, 0.3) is 0 Å². The van der Waals surface area contributed by atoms with Crippen molar-refractivity contribution in [3.8, 4) is 0 Å². The molecule has 7 nitrogen and oxygen atoms in total. The second-order valence-corrected chi connectivity index (χ2v) is 10.5. The third-order valence-corrected chi connectivity index (χ3v) is 6.78. The molecule has 3 aromatic rings. The minimum absolute atomic E-state index is 0.237. The van der Waals surface area contributed by atoms with Gasteiger partial charge in [0.05, 0.1) is 37.4 Å². The molecular formula is C22H25Br2F2N5O2. The van der Waals surface area contributed by atoms with E-state index >= 15 is 0 Å². The summed E-state index contributed by atoms with van der Waals surface area (Å²) in [5.74, 6) is -0.168. The van der Waals surface area contributed by atoms with Crippen molar-refractivity contribution in [1.29, 1.82) is 0 Å². The van der Waals surface area contributed by atoms with Crippen molar-refractivity contribution in [2.75, 3.05) is 18.0 Å². The van der Waals surface area contributed by atoms with Gasteiger partial charge in [0.15, 0.2) is 0 Å². The Balaban J connectivity index is 0.000000196. The Morgan fingerprint density at radius 3 is 2.48 bits per heavy atom. The van der Waals surface area contributed by atoms with Crippen molar-refractivity contribution in [3.63, 3.8) is 0 Å². The average Bonchev–Trinajstić information content (AvgIpc) is 3.33. The zero-order valence-corrected chi connectivity index (χ0v) is 21.5. The van der Waals surface area contributed by atoms with Crippen molar-refractivity contribution < 1.29 is 18.7 Å². The number of nitrogen functional groups attached to an aromatic ring is 2. The Bertz CT molecular complexity index is 1140. The van der Waals surface area contributed by atoms with Gasteiger partial charge in [0.1, 0.15) is 17.5 Å². The predicted octanol–water partition coefficient (Wildman–Crippen LogP) is 6.33. The second kappa shape index (κ2) is 9.46. The normalized spacial score (nSPS) is 16.1. The molecule has 178 valence electrons. The molecule has 11 heteroatoms. The number of hydrogen-bond acceptors (Lipinski definition) is 4. The van der Waals surface area contributed by atoms with Crippen LogP contribution >= 0.6 is 31.9 Å². The van der Waals surface area contributed by atoms with Crippen molar-refractivity contribution in [2.45, 2.75) is 45.1 Å². The van der Waals surface area contributed by atoms with E-state index in [0.29, 0.717) is 38.0 Å². The molecule has 0 saturated carbocycles. The molecule has 33 heavy (non-hydrogen) atoms. The number of nitrogens with two attached hydrogens (primary N) is 2. The lowest BCUT2D eigenvalue weighted by atomic mass is 9.85. The molecule has 4 rings (SSSR count). The standard InChI is InChI=1S/C12H11BrFN3O2.C10H14BrFN2/c13-6-4-8-9(5-7(6)14)16-11(15-8)10-2-1-3-17(10)12(18)19;1-10(2,3)7-8(11)5(12)4-6(13)9(7)14/h4-5,10H,1-3H2,(H,15,16)(H,18,19);4H,13-14H2,1-3H3/t10-;/m0./s1. The molecule has 1 saturated heterocycles. The number of anilines is 2. The van der Waals surface area contributed by atoms with Crippen LogP contribution in [0.1, 0.15) is 51.0 Å². The number of hydrogen-bond donors (Lipinski definition) is 4. The molecule has 0 unspecified atom stereocenters. The highest BCUT2D eigenvalue weighted by Crippen LogP contribution is 2.39. The van der Waals surface area contributed by atoms with Crippen molar-refractivity contribution in [1.82, 2.24) is 14.9 Å². The van der Waals surface area contributed by atoms with Crippen LogP contribution in [-0.2, 0) is 5.41 Å². The van der Waals surface area contributed by atoms with E-state index in [1.54, 1.807) is 6.07 Å². The summed E-state index contributed by atoms with van der Waals surface area (Å²) >= 11 is 6.30. The van der Waals surface area contributed by atoms with E-state index < -0.39 is 6.09 Å². The summed E-state index contributed by atoms with van der Waals surface area (Å²) in [6.07, 6.45) is 0.595. The minimum Gasteiger partial charge on any atom is -0.465 e. The number of halogens is 4. The average molecular weight is 589 g/mol. The Kier molecular flexibility index (Phi) is 7.23. The van der Waals surface area contributed by atoms with Crippen LogP contribution in [0.25, 0.3) is 11.0 Å². The molecule has 0 bridgehead atoms. The van der Waals surface area contributed by atoms with E-state index in [-0.39, 0.29) is 28.8 Å². The minimum atomic E-state index is -0.949. The topological polar surface area (TPSA) is 121 Å². The summed E-state index contributed by atoms with van der Waals surface area (Å²) in [6, 6.07) is 3.90. The Labute approximate surface area is 206 Å². The third kappa shape index (κ3) is 5.24. The summed E-state index contributed by atoms with van der Waals surface area (Å²) in [6.45, 7) is 6.39. The van der Waals surface area contributed by atoms with Crippen LogP contribution in [0.15, 0.2) is 27.1 Å². The van der Waals surface area contributed by atoms with Crippen LogP contribution in [0, 0.1) is 11.6 Å². The quantitative estimate of drug-likeness (QED) is 0.247. The molecule has 2 aromatic carbocycles. The molecule has 1 amide bonds. The second-order valence-electron chi connectivity index (χ2n) is 8.84. The molecule has 1 aliphatic heterocycles. The van der Waals surface area contributed by atoms with Crippen LogP contribution in [0.4, 0.5) is 25.0 Å². The summed E-state index contributed by atoms with van der Waals surface area (Å²) in [5, 5.41) is 9.12. The number of likely N-dealkylation sites (tertiary alicyclic amines) is 1. The fourth-order valence-electron chi connectivity index (χ4n) is 3.86. The molecule has 0 aliphatic carbocycles. The molecule has 1 fully saturated rings. The van der Waals surface area contributed by atoms with E-state index in [1.807, 2.05) is 20.8 Å². The summed E-state index contributed by atoms with van der Waals surface area (Å²) in [4.78, 5) is 19.9. The van der Waals surface area contributed by atoms with E-state index in [1.165, 1.54) is 17.0 Å². The van der Waals surface area contributed by atoms with Crippen LogP contribution in [0.5, 0.6) is 0 Å². The highest BCUT2D eigenvalue weighted by molar-refractivity contribution is 9.10. The van der Waals surface area contributed by atoms with Crippen molar-refractivity contribution in [3.05, 3.63) is 50.2 Å². The largest absolute Gasteiger partial charge is 0.465 e. The van der Waals surface area contributed by atoms with Gasteiger partial charge in [-0.15, -0.1) is 0 Å². The van der Waals surface area contributed by atoms with Gasteiger partial charge >= 0.3 is 6.09 Å². The van der Waals surface area contributed by atoms with Crippen LogP contribution < -0.4 is 11.5 Å². The number of H-pyrrole nitrogens is 1. The van der Waals surface area contributed by atoms with E-state index in [2.05, 4.69) is 41.8 Å². The lowest BCUT2D eigenvalue weighted by molar-refractivity contribution is 0.139. The summed E-state index contributed by atoms with van der Waals surface area (Å²) in [7, 11) is 0. The first-order chi connectivity index (χ1) is 15.3. The molecule has 1 atom stereocenters. The third-order valence-electron chi connectivity index (χ3n) is 5.40. The van der Waals surface area contributed by atoms with E-state index in [9.17, 15) is 13.6 Å². The van der Waals surface area contributed by atoms with Gasteiger partial charge in [0.2, 0.25) is 0 Å². The number of nitrogens with one attached hydrogen (secondary N) is 1. The predicted molar refractivity (Wildman–Crippen MR) is 132 cm³/mol. The number of imidazole rings is 1. The molecule has 1 aromatic heterocycles. The maximum absolute atomic E-state index is 13.4. The summed E-state index contributed by atoms with van der Waals surface area (Å²) < 4.78 is 27.6. The number of amides is 1. The zero-order chi connectivity index (χ0) is 24.7. The Morgan fingerprint density at radius 1 is 1.21 bits per heavy atom. The van der Waals surface area contributed by atoms with Gasteiger partial charge in [0, 0.05) is 18.7 Å². The number of nitrogens with zero attached hydrogens (tertiary/aromatic N) is 2. The first-order valence-electron chi connectivity index (χ1n) is 10.2. The molecule has 1 aliphatic rings. The zero-order valence-electron chi connectivity index (χ0n) is 18.3. The maximum atomic E-state index is 13.4. The molecule has 6 N–H and O–H groups in total. The fourth-order valence-corrected chi connectivity index (χ4v) is 5.11. The SMILES string of the molecule is CC(C)(C)c1c(N)c(N)cc(F)c1Br.O=C(O)N1CCC[C@H]1c1nc2cc(Br)c(F)cc2[nH]1. The molecular weight excluding hydrogens is 564 g/mol. The van der Waals surface area contributed by atoms with Gasteiger partial charge in [-0.3, -0.25) is 4.90 Å². The lowest BCUT2D eigenvalue weighted by Crippen LogP contribution is -2.29. The summed E-state index contributed by atoms with van der Waals surface area (Å²) in [5.41, 5.74) is 13.8. The number of carboxylic acid groups (broad SMARTS) is 1.